The average Bonchev–Trinajstić information content (AvgIpc) is 3.42. The number of rotatable bonds is 6. The molecule has 6 nitrogen and oxygen atoms in total. The number of aromatic nitrogens is 1. The molecule has 7 heteroatoms. The summed E-state index contributed by atoms with van der Waals surface area (Å²) in [5.41, 5.74) is 3.85. The minimum absolute atomic E-state index is 0.0687. The van der Waals surface area contributed by atoms with Gasteiger partial charge in [0.1, 0.15) is 5.69 Å². The third-order valence-corrected chi connectivity index (χ3v) is 6.89. The summed E-state index contributed by atoms with van der Waals surface area (Å²) in [6.07, 6.45) is 4.32. The number of halogens is 1. The van der Waals surface area contributed by atoms with Crippen LogP contribution >= 0.6 is 11.6 Å². The van der Waals surface area contributed by atoms with Gasteiger partial charge < -0.3 is 14.4 Å². The van der Waals surface area contributed by atoms with E-state index in [1.807, 2.05) is 34.1 Å². The zero-order chi connectivity index (χ0) is 23.5. The Labute approximate surface area is 202 Å². The number of carbonyl (C=O) groups is 2. The second-order valence-corrected chi connectivity index (χ2v) is 10.2. The summed E-state index contributed by atoms with van der Waals surface area (Å²) < 4.78 is 2.12. The molecule has 178 valence electrons. The number of nitrogens with zero attached hydrogens (tertiary/aromatic N) is 4. The summed E-state index contributed by atoms with van der Waals surface area (Å²) in [4.78, 5) is 32.4. The zero-order valence-corrected chi connectivity index (χ0v) is 20.8. The Hall–Kier alpha value is -2.31. The van der Waals surface area contributed by atoms with Gasteiger partial charge in [0.15, 0.2) is 0 Å². The number of aryl methyl sites for hydroxylation is 1. The lowest BCUT2D eigenvalue weighted by molar-refractivity contribution is -0.131. The van der Waals surface area contributed by atoms with Crippen LogP contribution in [0.5, 0.6) is 0 Å². The van der Waals surface area contributed by atoms with Gasteiger partial charge in [0.2, 0.25) is 5.91 Å². The van der Waals surface area contributed by atoms with Crippen LogP contribution in [0.1, 0.15) is 42.7 Å². The van der Waals surface area contributed by atoms with Gasteiger partial charge in [-0.15, -0.1) is 0 Å². The van der Waals surface area contributed by atoms with Crippen LogP contribution in [0.3, 0.4) is 0 Å². The maximum atomic E-state index is 13.8. The molecule has 4 rings (SSSR count). The molecule has 0 saturated carbocycles. The summed E-state index contributed by atoms with van der Waals surface area (Å²) in [6.45, 7) is 12.2. The molecule has 0 unspecified atom stereocenters. The first-order valence-electron chi connectivity index (χ1n) is 12.1. The molecule has 0 bridgehead atoms. The first kappa shape index (κ1) is 23.8. The standard InChI is InChI=1S/C26H35ClN4O2/c1-19(2)16-31-17-20(3)24(21-6-8-22(27)9-7-21)25(31)26(33)30-14-12-28(13-15-30)18-23(32)29-10-4-5-11-29/h6-9,17,19H,4-5,10-16,18H2,1-3H3. The first-order chi connectivity index (χ1) is 15.8. The van der Waals surface area contributed by atoms with Crippen molar-refractivity contribution in [1.29, 1.82) is 0 Å². The van der Waals surface area contributed by atoms with Crippen molar-refractivity contribution in [3.8, 4) is 11.1 Å². The number of hydrogen-bond donors (Lipinski definition) is 0. The third-order valence-electron chi connectivity index (χ3n) is 6.64. The molecule has 2 aliphatic heterocycles. The number of benzene rings is 1. The molecule has 2 fully saturated rings. The quantitative estimate of drug-likeness (QED) is 0.637. The fraction of sp³-hybridized carbons (Fsp3) is 0.538. The predicted octanol–water partition coefficient (Wildman–Crippen LogP) is 4.15. The third kappa shape index (κ3) is 5.44. The smallest absolute Gasteiger partial charge is 0.271 e. The van der Waals surface area contributed by atoms with E-state index in [4.69, 9.17) is 11.6 Å². The maximum absolute atomic E-state index is 13.8. The van der Waals surface area contributed by atoms with Crippen LogP contribution in [-0.4, -0.2) is 76.9 Å². The molecule has 2 amide bonds. The molecule has 0 aliphatic carbocycles. The fourth-order valence-corrected chi connectivity index (χ4v) is 5.08. The van der Waals surface area contributed by atoms with Gasteiger partial charge in [-0.25, -0.2) is 0 Å². The highest BCUT2D eigenvalue weighted by Gasteiger charge is 2.29. The summed E-state index contributed by atoms with van der Waals surface area (Å²) >= 11 is 6.12. The van der Waals surface area contributed by atoms with Gasteiger partial charge in [-0.2, -0.15) is 0 Å². The van der Waals surface area contributed by atoms with Crippen molar-refractivity contribution in [2.24, 2.45) is 5.92 Å². The van der Waals surface area contributed by atoms with Gasteiger partial charge in [-0.1, -0.05) is 37.6 Å². The second-order valence-electron chi connectivity index (χ2n) is 9.75. The first-order valence-corrected chi connectivity index (χ1v) is 12.5. The molecule has 0 spiro atoms. The monoisotopic (exact) mass is 470 g/mol. The van der Waals surface area contributed by atoms with E-state index in [9.17, 15) is 9.59 Å². The highest BCUT2D eigenvalue weighted by molar-refractivity contribution is 6.30. The Kier molecular flexibility index (Phi) is 7.45. The van der Waals surface area contributed by atoms with Crippen LogP contribution in [0, 0.1) is 12.8 Å². The summed E-state index contributed by atoms with van der Waals surface area (Å²) in [7, 11) is 0. The number of hydrogen-bond acceptors (Lipinski definition) is 3. The Morgan fingerprint density at radius 3 is 2.18 bits per heavy atom. The summed E-state index contributed by atoms with van der Waals surface area (Å²) in [5.74, 6) is 0.716. The van der Waals surface area contributed by atoms with Crippen LogP contribution in [0.2, 0.25) is 5.02 Å². The van der Waals surface area contributed by atoms with E-state index < -0.39 is 0 Å². The van der Waals surface area contributed by atoms with Crippen molar-refractivity contribution in [2.75, 3.05) is 45.8 Å². The van der Waals surface area contributed by atoms with Crippen molar-refractivity contribution in [2.45, 2.75) is 40.2 Å². The summed E-state index contributed by atoms with van der Waals surface area (Å²) in [5, 5.41) is 0.686. The van der Waals surface area contributed by atoms with E-state index in [0.717, 1.165) is 67.9 Å². The lowest BCUT2D eigenvalue weighted by Crippen LogP contribution is -2.51. The van der Waals surface area contributed by atoms with Crippen LogP contribution in [0.15, 0.2) is 30.5 Å². The molecular weight excluding hydrogens is 436 g/mol. The Balaban J connectivity index is 1.51. The largest absolute Gasteiger partial charge is 0.342 e. The average molecular weight is 471 g/mol. The van der Waals surface area contributed by atoms with Gasteiger partial charge in [0.05, 0.1) is 6.54 Å². The molecule has 2 aromatic rings. The van der Waals surface area contributed by atoms with Gasteiger partial charge in [-0.05, 0) is 48.9 Å². The lowest BCUT2D eigenvalue weighted by atomic mass is 10.0. The van der Waals surface area contributed by atoms with Crippen molar-refractivity contribution >= 4 is 23.4 Å². The topological polar surface area (TPSA) is 48.8 Å². The highest BCUT2D eigenvalue weighted by Crippen LogP contribution is 2.32. The van der Waals surface area contributed by atoms with Crippen LogP contribution in [0.4, 0.5) is 0 Å². The molecule has 0 radical (unpaired) electrons. The minimum atomic E-state index is 0.0687. The minimum Gasteiger partial charge on any atom is -0.342 e. The summed E-state index contributed by atoms with van der Waals surface area (Å²) in [6, 6.07) is 7.73. The molecule has 33 heavy (non-hydrogen) atoms. The molecule has 0 atom stereocenters. The molecule has 3 heterocycles. The van der Waals surface area contributed by atoms with E-state index >= 15 is 0 Å². The van der Waals surface area contributed by atoms with E-state index in [0.29, 0.717) is 30.6 Å². The Morgan fingerprint density at radius 1 is 0.939 bits per heavy atom. The Bertz CT molecular complexity index is 984. The van der Waals surface area contributed by atoms with Crippen LogP contribution in [-0.2, 0) is 11.3 Å². The van der Waals surface area contributed by atoms with Gasteiger partial charge in [0, 0.05) is 62.6 Å². The van der Waals surface area contributed by atoms with E-state index in [2.05, 4.69) is 36.4 Å². The lowest BCUT2D eigenvalue weighted by Gasteiger charge is -2.35. The fourth-order valence-electron chi connectivity index (χ4n) is 4.96. The number of likely N-dealkylation sites (tertiary alicyclic amines) is 1. The molecule has 2 aliphatic rings. The molecule has 2 saturated heterocycles. The normalized spacial score (nSPS) is 17.2. The van der Waals surface area contributed by atoms with Gasteiger partial charge in [0.25, 0.3) is 5.91 Å². The Morgan fingerprint density at radius 2 is 1.58 bits per heavy atom. The number of carbonyl (C=O) groups excluding carboxylic acids is 2. The van der Waals surface area contributed by atoms with Crippen molar-refractivity contribution in [1.82, 2.24) is 19.3 Å². The molecule has 1 aromatic carbocycles. The zero-order valence-electron chi connectivity index (χ0n) is 20.0. The van der Waals surface area contributed by atoms with E-state index in [1.54, 1.807) is 0 Å². The molecular formula is C26H35ClN4O2. The SMILES string of the molecule is Cc1cn(CC(C)C)c(C(=O)N2CCN(CC(=O)N3CCCC3)CC2)c1-c1ccc(Cl)cc1. The van der Waals surface area contributed by atoms with Crippen molar-refractivity contribution in [3.63, 3.8) is 0 Å². The highest BCUT2D eigenvalue weighted by atomic mass is 35.5. The number of amides is 2. The van der Waals surface area contributed by atoms with Crippen LogP contribution in [0.25, 0.3) is 11.1 Å². The maximum Gasteiger partial charge on any atom is 0.271 e. The van der Waals surface area contributed by atoms with Gasteiger partial charge >= 0.3 is 0 Å². The second kappa shape index (κ2) is 10.3. The number of piperazine rings is 1. The molecule has 1 aromatic heterocycles. The van der Waals surface area contributed by atoms with E-state index in [1.165, 1.54) is 0 Å². The molecule has 0 N–H and O–H groups in total. The van der Waals surface area contributed by atoms with Gasteiger partial charge in [-0.3, -0.25) is 14.5 Å². The van der Waals surface area contributed by atoms with Crippen molar-refractivity contribution < 1.29 is 9.59 Å². The van der Waals surface area contributed by atoms with Crippen LogP contribution < -0.4 is 0 Å². The van der Waals surface area contributed by atoms with E-state index in [-0.39, 0.29) is 11.8 Å². The predicted molar refractivity (Wildman–Crippen MR) is 133 cm³/mol. The van der Waals surface area contributed by atoms with Crippen molar-refractivity contribution in [3.05, 3.63) is 46.7 Å².